The molecule has 0 bridgehead atoms. The summed E-state index contributed by atoms with van der Waals surface area (Å²) in [7, 11) is 0. The fraction of sp³-hybridized carbons (Fsp3) is 0.381. The van der Waals surface area contributed by atoms with Crippen molar-refractivity contribution in [2.24, 2.45) is 5.92 Å². The molecule has 0 saturated carbocycles. The zero-order chi connectivity index (χ0) is 20.5. The third-order valence-corrected chi connectivity index (χ3v) is 5.59. The average molecular weight is 412 g/mol. The highest BCUT2D eigenvalue weighted by Gasteiger charge is 2.36. The largest absolute Gasteiger partial charge is 0.481 e. The number of alkyl halides is 3. The molecule has 1 aliphatic rings. The third kappa shape index (κ3) is 4.33. The van der Waals surface area contributed by atoms with Crippen LogP contribution in [-0.4, -0.2) is 29.1 Å². The van der Waals surface area contributed by atoms with Crippen molar-refractivity contribution in [3.05, 3.63) is 69.7 Å². The van der Waals surface area contributed by atoms with Crippen molar-refractivity contribution in [1.29, 1.82) is 0 Å². The Kier molecular flexibility index (Phi) is 6.01. The van der Waals surface area contributed by atoms with E-state index in [1.165, 1.54) is 6.07 Å². The highest BCUT2D eigenvalue weighted by atomic mass is 35.5. The Balaban J connectivity index is 2.10. The number of likely N-dealkylation sites (tertiary alicyclic amines) is 1. The maximum absolute atomic E-state index is 13.4. The molecule has 2 unspecified atom stereocenters. The van der Waals surface area contributed by atoms with Crippen molar-refractivity contribution in [1.82, 2.24) is 4.90 Å². The second kappa shape index (κ2) is 8.13. The first-order chi connectivity index (χ1) is 13.2. The van der Waals surface area contributed by atoms with Crippen molar-refractivity contribution in [2.45, 2.75) is 32.0 Å². The molecule has 150 valence electrons. The average Bonchev–Trinajstić information content (AvgIpc) is 2.64. The zero-order valence-corrected chi connectivity index (χ0v) is 16.1. The van der Waals surface area contributed by atoms with Crippen LogP contribution in [0.2, 0.25) is 5.02 Å². The van der Waals surface area contributed by atoms with Gasteiger partial charge in [0.1, 0.15) is 0 Å². The third-order valence-electron chi connectivity index (χ3n) is 5.26. The maximum atomic E-state index is 13.4. The fourth-order valence-electron chi connectivity index (χ4n) is 3.85. The van der Waals surface area contributed by atoms with Crippen molar-refractivity contribution >= 4 is 17.6 Å². The number of carbonyl (C=O) groups is 1. The highest BCUT2D eigenvalue weighted by Crippen LogP contribution is 2.40. The number of piperidine rings is 1. The predicted molar refractivity (Wildman–Crippen MR) is 101 cm³/mol. The molecule has 1 fully saturated rings. The second-order valence-electron chi connectivity index (χ2n) is 7.17. The summed E-state index contributed by atoms with van der Waals surface area (Å²) in [4.78, 5) is 13.5. The van der Waals surface area contributed by atoms with Gasteiger partial charge in [0.05, 0.1) is 22.5 Å². The topological polar surface area (TPSA) is 40.5 Å². The lowest BCUT2D eigenvalue weighted by Crippen LogP contribution is -2.41. The first-order valence-electron chi connectivity index (χ1n) is 9.07. The number of hydrogen-bond donors (Lipinski definition) is 1. The van der Waals surface area contributed by atoms with Crippen LogP contribution in [0.1, 0.15) is 41.1 Å². The van der Waals surface area contributed by atoms with Crippen LogP contribution >= 0.6 is 11.6 Å². The molecule has 2 atom stereocenters. The molecule has 0 amide bonds. The molecule has 1 aliphatic heterocycles. The molecule has 1 N–H and O–H groups in total. The van der Waals surface area contributed by atoms with E-state index in [-0.39, 0.29) is 11.6 Å². The maximum Gasteiger partial charge on any atom is 0.417 e. The van der Waals surface area contributed by atoms with Crippen LogP contribution in [0.15, 0.2) is 42.5 Å². The number of hydrogen-bond acceptors (Lipinski definition) is 2. The molecule has 2 aromatic rings. The number of aryl methyl sites for hydroxylation is 1. The normalized spacial score (nSPS) is 19.4. The number of benzene rings is 2. The molecule has 1 saturated heterocycles. The number of halogens is 4. The lowest BCUT2D eigenvalue weighted by molar-refractivity contribution is -0.143. The summed E-state index contributed by atoms with van der Waals surface area (Å²) >= 11 is 5.80. The summed E-state index contributed by atoms with van der Waals surface area (Å²) in [5.74, 6) is -1.41. The molecular weight excluding hydrogens is 391 g/mol. The Morgan fingerprint density at radius 1 is 1.25 bits per heavy atom. The number of carboxylic acid groups (broad SMARTS) is 1. The molecule has 0 aliphatic carbocycles. The van der Waals surface area contributed by atoms with E-state index >= 15 is 0 Å². The summed E-state index contributed by atoms with van der Waals surface area (Å²) in [5, 5.41) is 9.08. The minimum atomic E-state index is -4.56. The smallest absolute Gasteiger partial charge is 0.417 e. The van der Waals surface area contributed by atoms with Gasteiger partial charge in [-0.25, -0.2) is 0 Å². The first kappa shape index (κ1) is 20.7. The zero-order valence-electron chi connectivity index (χ0n) is 15.3. The van der Waals surface area contributed by atoms with Crippen molar-refractivity contribution < 1.29 is 23.1 Å². The Bertz CT molecular complexity index is 869. The van der Waals surface area contributed by atoms with Crippen molar-refractivity contribution in [2.75, 3.05) is 13.1 Å². The highest BCUT2D eigenvalue weighted by molar-refractivity contribution is 6.31. The minimum absolute atomic E-state index is 0.290. The van der Waals surface area contributed by atoms with Crippen LogP contribution in [0.25, 0.3) is 0 Å². The quantitative estimate of drug-likeness (QED) is 0.716. The van der Waals surface area contributed by atoms with Gasteiger partial charge in [0, 0.05) is 6.54 Å². The van der Waals surface area contributed by atoms with Gasteiger partial charge in [-0.2, -0.15) is 13.2 Å². The van der Waals surface area contributed by atoms with Crippen LogP contribution in [-0.2, 0) is 11.0 Å². The van der Waals surface area contributed by atoms with E-state index < -0.39 is 29.7 Å². The summed E-state index contributed by atoms with van der Waals surface area (Å²) in [6.07, 6.45) is -3.31. The van der Waals surface area contributed by atoms with E-state index in [0.29, 0.717) is 24.9 Å². The van der Waals surface area contributed by atoms with Crippen LogP contribution in [0, 0.1) is 12.8 Å². The van der Waals surface area contributed by atoms with E-state index in [1.807, 2.05) is 36.1 Å². The van der Waals surface area contributed by atoms with Crippen LogP contribution < -0.4 is 0 Å². The Hall–Kier alpha value is -2.05. The number of nitrogens with zero attached hydrogens (tertiary/aromatic N) is 1. The van der Waals surface area contributed by atoms with E-state index in [0.717, 1.165) is 17.2 Å². The number of carboxylic acids is 1. The summed E-state index contributed by atoms with van der Waals surface area (Å²) in [5.41, 5.74) is 1.38. The van der Waals surface area contributed by atoms with Crippen LogP contribution in [0.5, 0.6) is 0 Å². The van der Waals surface area contributed by atoms with Gasteiger partial charge in [-0.1, -0.05) is 41.9 Å². The van der Waals surface area contributed by atoms with Gasteiger partial charge in [-0.15, -0.1) is 0 Å². The van der Waals surface area contributed by atoms with Crippen LogP contribution in [0.3, 0.4) is 0 Å². The van der Waals surface area contributed by atoms with Gasteiger partial charge in [0.15, 0.2) is 0 Å². The summed E-state index contributed by atoms with van der Waals surface area (Å²) in [6.45, 7) is 2.81. The molecule has 0 spiro atoms. The Morgan fingerprint density at radius 2 is 1.96 bits per heavy atom. The summed E-state index contributed by atoms with van der Waals surface area (Å²) < 4.78 is 40.2. The molecule has 1 heterocycles. The Labute approximate surface area is 166 Å². The minimum Gasteiger partial charge on any atom is -0.481 e. The lowest BCUT2D eigenvalue weighted by Gasteiger charge is -2.38. The van der Waals surface area contributed by atoms with Gasteiger partial charge in [0.25, 0.3) is 0 Å². The van der Waals surface area contributed by atoms with Gasteiger partial charge < -0.3 is 5.11 Å². The van der Waals surface area contributed by atoms with Crippen molar-refractivity contribution in [3.8, 4) is 0 Å². The Morgan fingerprint density at radius 3 is 2.61 bits per heavy atom. The molecule has 2 aromatic carbocycles. The number of aliphatic carboxylic acids is 1. The standard InChI is InChI=1S/C21H21ClF3NO2/c1-13-5-2-3-7-16(13)19(26-10-4-6-15(12-26)20(27)28)14-8-9-18(22)17(11-14)21(23,24)25/h2-3,5,7-9,11,15,19H,4,6,10,12H2,1H3,(H,27,28). The van der Waals surface area contributed by atoms with Gasteiger partial charge in [-0.05, 0) is 55.1 Å². The van der Waals surface area contributed by atoms with E-state index in [1.54, 1.807) is 6.07 Å². The molecule has 3 nitrogen and oxygen atoms in total. The van der Waals surface area contributed by atoms with E-state index in [9.17, 15) is 23.1 Å². The second-order valence-corrected chi connectivity index (χ2v) is 7.58. The van der Waals surface area contributed by atoms with Crippen molar-refractivity contribution in [3.63, 3.8) is 0 Å². The molecule has 0 radical (unpaired) electrons. The SMILES string of the molecule is Cc1ccccc1C(c1ccc(Cl)c(C(F)(F)F)c1)N1CCCC(C(=O)O)C1. The van der Waals surface area contributed by atoms with Gasteiger partial charge in [0.2, 0.25) is 0 Å². The monoisotopic (exact) mass is 411 g/mol. The van der Waals surface area contributed by atoms with E-state index in [2.05, 4.69) is 0 Å². The molecular formula is C21H21ClF3NO2. The predicted octanol–water partition coefficient (Wildman–Crippen LogP) is 5.55. The van der Waals surface area contributed by atoms with E-state index in [4.69, 9.17) is 11.6 Å². The van der Waals surface area contributed by atoms with Crippen LogP contribution in [0.4, 0.5) is 13.2 Å². The van der Waals surface area contributed by atoms with Gasteiger partial charge >= 0.3 is 12.1 Å². The first-order valence-corrected chi connectivity index (χ1v) is 9.45. The molecule has 28 heavy (non-hydrogen) atoms. The van der Waals surface area contributed by atoms with Gasteiger partial charge in [-0.3, -0.25) is 9.69 Å². The lowest BCUT2D eigenvalue weighted by atomic mass is 9.89. The molecule has 7 heteroatoms. The number of rotatable bonds is 4. The fourth-order valence-corrected chi connectivity index (χ4v) is 4.08. The molecule has 0 aromatic heterocycles. The summed E-state index contributed by atoms with van der Waals surface area (Å²) in [6, 6.07) is 11.0. The molecule has 3 rings (SSSR count).